The average molecular weight is 461 g/mol. The molecule has 34 heavy (non-hydrogen) atoms. The lowest BCUT2D eigenvalue weighted by Gasteiger charge is -2.11. The van der Waals surface area contributed by atoms with Crippen LogP contribution >= 0.6 is 0 Å². The van der Waals surface area contributed by atoms with Crippen molar-refractivity contribution in [3.8, 4) is 17.1 Å². The maximum atomic E-state index is 13.9. The molecule has 1 amide bonds. The standard InChI is InChI=1S/C24H17F2N5O3/c1-34-16-9-6-14(7-10-16)22-28-23-17-4-2-3-5-20(17)30(24(33)31(23)29-22)13-21(32)27-19-12-15(25)8-11-18(19)26/h2-12H,13H2,1H3,(H,27,32). The lowest BCUT2D eigenvalue weighted by Crippen LogP contribution is -2.32. The average Bonchev–Trinajstić information content (AvgIpc) is 3.30. The molecule has 0 fully saturated rings. The van der Waals surface area contributed by atoms with Crippen molar-refractivity contribution in [3.05, 3.63) is 88.8 Å². The molecule has 3 aromatic carbocycles. The highest BCUT2D eigenvalue weighted by atomic mass is 19.1. The molecule has 0 aliphatic carbocycles. The van der Waals surface area contributed by atoms with Crippen LogP contribution in [0.1, 0.15) is 0 Å². The molecule has 0 unspecified atom stereocenters. The van der Waals surface area contributed by atoms with Crippen LogP contribution in [0, 0.1) is 11.6 Å². The van der Waals surface area contributed by atoms with Gasteiger partial charge in [-0.2, -0.15) is 4.52 Å². The number of benzene rings is 3. The number of methoxy groups -OCH3 is 1. The van der Waals surface area contributed by atoms with Crippen molar-refractivity contribution in [1.82, 2.24) is 19.2 Å². The Morgan fingerprint density at radius 3 is 2.59 bits per heavy atom. The zero-order chi connectivity index (χ0) is 23.8. The molecule has 5 aromatic rings. The number of hydrogen-bond donors (Lipinski definition) is 1. The molecule has 2 aromatic heterocycles. The predicted molar refractivity (Wildman–Crippen MR) is 122 cm³/mol. The van der Waals surface area contributed by atoms with Crippen LogP contribution in [-0.4, -0.2) is 32.2 Å². The second-order valence-electron chi connectivity index (χ2n) is 7.46. The van der Waals surface area contributed by atoms with Gasteiger partial charge < -0.3 is 10.1 Å². The van der Waals surface area contributed by atoms with E-state index in [0.29, 0.717) is 33.7 Å². The minimum absolute atomic E-state index is 0.314. The Bertz CT molecular complexity index is 1610. The molecule has 1 N–H and O–H groups in total. The van der Waals surface area contributed by atoms with Crippen LogP contribution < -0.4 is 15.7 Å². The third-order valence-corrected chi connectivity index (χ3v) is 5.31. The predicted octanol–water partition coefficient (Wildman–Crippen LogP) is 3.64. The monoisotopic (exact) mass is 461 g/mol. The van der Waals surface area contributed by atoms with Gasteiger partial charge in [-0.15, -0.1) is 5.10 Å². The van der Waals surface area contributed by atoms with Crippen LogP contribution in [0.5, 0.6) is 5.75 Å². The summed E-state index contributed by atoms with van der Waals surface area (Å²) in [6.45, 7) is -0.441. The number of carbonyl (C=O) groups is 1. The van der Waals surface area contributed by atoms with E-state index in [1.54, 1.807) is 55.6 Å². The molecule has 0 atom stereocenters. The zero-order valence-corrected chi connectivity index (χ0v) is 17.8. The van der Waals surface area contributed by atoms with E-state index in [1.165, 1.54) is 4.57 Å². The highest BCUT2D eigenvalue weighted by Gasteiger charge is 2.18. The van der Waals surface area contributed by atoms with Crippen LogP contribution in [0.2, 0.25) is 0 Å². The fourth-order valence-corrected chi connectivity index (χ4v) is 3.68. The topological polar surface area (TPSA) is 90.5 Å². The first-order valence-electron chi connectivity index (χ1n) is 10.2. The molecule has 10 heteroatoms. The molecule has 8 nitrogen and oxygen atoms in total. The molecule has 170 valence electrons. The van der Waals surface area contributed by atoms with Crippen molar-refractivity contribution in [1.29, 1.82) is 0 Å². The SMILES string of the molecule is COc1ccc(-c2nc3c4ccccc4n(CC(=O)Nc4cc(F)ccc4F)c(=O)n3n2)cc1. The van der Waals surface area contributed by atoms with Crippen molar-refractivity contribution in [2.24, 2.45) is 0 Å². The number of para-hydroxylation sites is 1. The summed E-state index contributed by atoms with van der Waals surface area (Å²) in [6.07, 6.45) is 0. The lowest BCUT2D eigenvalue weighted by molar-refractivity contribution is -0.116. The van der Waals surface area contributed by atoms with Gasteiger partial charge in [0.05, 0.1) is 18.3 Å². The fraction of sp³-hybridized carbons (Fsp3) is 0.0833. The van der Waals surface area contributed by atoms with E-state index in [4.69, 9.17) is 4.74 Å². The summed E-state index contributed by atoms with van der Waals surface area (Å²) < 4.78 is 34.9. The Morgan fingerprint density at radius 1 is 1.06 bits per heavy atom. The molecule has 0 radical (unpaired) electrons. The Balaban J connectivity index is 1.58. The van der Waals surface area contributed by atoms with Crippen molar-refractivity contribution in [3.63, 3.8) is 0 Å². The van der Waals surface area contributed by atoms with Crippen LogP contribution in [-0.2, 0) is 11.3 Å². The van der Waals surface area contributed by atoms with Crippen LogP contribution in [0.15, 0.2) is 71.5 Å². The molecule has 0 aliphatic heterocycles. The number of hydrogen-bond acceptors (Lipinski definition) is 5. The third kappa shape index (κ3) is 3.75. The number of nitrogens with one attached hydrogen (secondary N) is 1. The maximum absolute atomic E-state index is 13.9. The summed E-state index contributed by atoms with van der Waals surface area (Å²) in [4.78, 5) is 30.5. The number of halogens is 2. The van der Waals surface area contributed by atoms with E-state index in [9.17, 15) is 18.4 Å². The van der Waals surface area contributed by atoms with Gasteiger partial charge in [0.25, 0.3) is 0 Å². The third-order valence-electron chi connectivity index (χ3n) is 5.31. The largest absolute Gasteiger partial charge is 0.497 e. The van der Waals surface area contributed by atoms with Crippen LogP contribution in [0.3, 0.4) is 0 Å². The molecular weight excluding hydrogens is 444 g/mol. The summed E-state index contributed by atoms with van der Waals surface area (Å²) in [6, 6.07) is 16.7. The number of anilines is 1. The van der Waals surface area contributed by atoms with E-state index < -0.39 is 29.8 Å². The first-order chi connectivity index (χ1) is 16.4. The van der Waals surface area contributed by atoms with Gasteiger partial charge in [-0.1, -0.05) is 12.1 Å². The smallest absolute Gasteiger partial charge is 0.351 e. The first kappa shape index (κ1) is 21.3. The second-order valence-corrected chi connectivity index (χ2v) is 7.46. The van der Waals surface area contributed by atoms with E-state index >= 15 is 0 Å². The minimum atomic E-state index is -0.789. The number of amides is 1. The van der Waals surface area contributed by atoms with E-state index in [1.807, 2.05) is 0 Å². The van der Waals surface area contributed by atoms with E-state index in [0.717, 1.165) is 22.7 Å². The second kappa shape index (κ2) is 8.39. The number of carbonyl (C=O) groups excluding carboxylic acids is 1. The summed E-state index contributed by atoms with van der Waals surface area (Å²) >= 11 is 0. The van der Waals surface area contributed by atoms with Crippen molar-refractivity contribution >= 4 is 28.1 Å². The highest BCUT2D eigenvalue weighted by Crippen LogP contribution is 2.23. The van der Waals surface area contributed by atoms with Crippen LogP contribution in [0.4, 0.5) is 14.5 Å². The van der Waals surface area contributed by atoms with Gasteiger partial charge in [-0.25, -0.2) is 18.6 Å². The molecule has 0 saturated carbocycles. The Labute approximate surface area is 191 Å². The zero-order valence-electron chi connectivity index (χ0n) is 17.8. The molecule has 0 saturated heterocycles. The summed E-state index contributed by atoms with van der Waals surface area (Å²) in [5, 5.41) is 7.26. The van der Waals surface area contributed by atoms with E-state index in [-0.39, 0.29) is 5.69 Å². The van der Waals surface area contributed by atoms with Gasteiger partial charge >= 0.3 is 5.69 Å². The molecular formula is C24H17F2N5O3. The number of aromatic nitrogens is 4. The normalized spacial score (nSPS) is 11.1. The summed E-state index contributed by atoms with van der Waals surface area (Å²) in [5.41, 5.74) is 0.545. The number of ether oxygens (including phenoxy) is 1. The summed E-state index contributed by atoms with van der Waals surface area (Å²) in [5.74, 6) is -1.20. The number of nitrogens with zero attached hydrogens (tertiary/aromatic N) is 4. The Morgan fingerprint density at radius 2 is 1.82 bits per heavy atom. The van der Waals surface area contributed by atoms with Gasteiger partial charge in [0.1, 0.15) is 23.9 Å². The Kier molecular flexibility index (Phi) is 5.25. The van der Waals surface area contributed by atoms with Crippen molar-refractivity contribution in [2.75, 3.05) is 12.4 Å². The van der Waals surface area contributed by atoms with E-state index in [2.05, 4.69) is 15.4 Å². The highest BCUT2D eigenvalue weighted by molar-refractivity contribution is 5.95. The van der Waals surface area contributed by atoms with Gasteiger partial charge in [0.2, 0.25) is 5.91 Å². The van der Waals surface area contributed by atoms with Gasteiger partial charge in [-0.3, -0.25) is 9.36 Å². The van der Waals surface area contributed by atoms with Gasteiger partial charge in [0.15, 0.2) is 11.5 Å². The van der Waals surface area contributed by atoms with Crippen molar-refractivity contribution in [2.45, 2.75) is 6.54 Å². The lowest BCUT2D eigenvalue weighted by atomic mass is 10.2. The molecule has 0 bridgehead atoms. The molecule has 0 spiro atoms. The fourth-order valence-electron chi connectivity index (χ4n) is 3.68. The van der Waals surface area contributed by atoms with Gasteiger partial charge in [0, 0.05) is 17.0 Å². The first-order valence-corrected chi connectivity index (χ1v) is 10.2. The number of fused-ring (bicyclic) bond motifs is 3. The number of rotatable bonds is 5. The quantitative estimate of drug-likeness (QED) is 0.432. The minimum Gasteiger partial charge on any atom is -0.497 e. The molecule has 0 aliphatic rings. The maximum Gasteiger partial charge on any atom is 0.351 e. The molecule has 2 heterocycles. The van der Waals surface area contributed by atoms with Gasteiger partial charge in [-0.05, 0) is 48.5 Å². The Hall–Kier alpha value is -4.60. The summed E-state index contributed by atoms with van der Waals surface area (Å²) in [7, 11) is 1.56. The van der Waals surface area contributed by atoms with Crippen molar-refractivity contribution < 1.29 is 18.3 Å². The van der Waals surface area contributed by atoms with Crippen LogP contribution in [0.25, 0.3) is 27.9 Å². The molecule has 5 rings (SSSR count).